The Balaban J connectivity index is 0.000000185. The molecular weight excluding hydrogens is 906 g/mol. The maximum Gasteiger partial charge on any atom is 0.317 e. The van der Waals surface area contributed by atoms with E-state index < -0.39 is 11.4 Å². The van der Waals surface area contributed by atoms with Crippen molar-refractivity contribution in [2.45, 2.75) is 93.4 Å². The topological polar surface area (TPSA) is 117 Å². The van der Waals surface area contributed by atoms with Crippen LogP contribution in [0.3, 0.4) is 0 Å². The largest absolute Gasteiger partial charge is 0.493 e. The summed E-state index contributed by atoms with van der Waals surface area (Å²) in [6.07, 6.45) is 3.67. The summed E-state index contributed by atoms with van der Waals surface area (Å²) in [6.45, 7) is 13.1. The van der Waals surface area contributed by atoms with Gasteiger partial charge >= 0.3 is 5.97 Å². The molecular formula is C48H49Cl5N4O6. The van der Waals surface area contributed by atoms with Crippen molar-refractivity contribution in [2.75, 3.05) is 0 Å². The van der Waals surface area contributed by atoms with E-state index in [4.69, 9.17) is 62.7 Å². The molecule has 63 heavy (non-hydrogen) atoms. The molecule has 2 aliphatic rings. The Morgan fingerprint density at radius 2 is 0.952 bits per heavy atom. The fourth-order valence-electron chi connectivity index (χ4n) is 7.03. The second-order valence-electron chi connectivity index (χ2n) is 17.5. The van der Waals surface area contributed by atoms with E-state index in [2.05, 4.69) is 0 Å². The van der Waals surface area contributed by atoms with Gasteiger partial charge in [-0.15, -0.1) is 0 Å². The first kappa shape index (κ1) is 47.8. The van der Waals surface area contributed by atoms with Gasteiger partial charge in [0, 0.05) is 62.8 Å². The number of aromatic nitrogens is 4. The molecule has 0 saturated carbocycles. The number of ether oxygens (including phenoxy) is 1. The number of hydrogen-bond acceptors (Lipinski definition) is 6. The summed E-state index contributed by atoms with van der Waals surface area (Å²) in [7, 11) is 0. The number of rotatable bonds is 5. The molecule has 0 amide bonds. The lowest BCUT2D eigenvalue weighted by atomic mass is 9.97. The van der Waals surface area contributed by atoms with Crippen LogP contribution in [0, 0.1) is 10.8 Å². The van der Waals surface area contributed by atoms with Crippen molar-refractivity contribution in [1.82, 2.24) is 18.7 Å². The highest BCUT2D eigenvalue weighted by Crippen LogP contribution is 2.39. The van der Waals surface area contributed by atoms with E-state index >= 15 is 0 Å². The van der Waals surface area contributed by atoms with Gasteiger partial charge in [-0.3, -0.25) is 28.5 Å². The van der Waals surface area contributed by atoms with Gasteiger partial charge in [-0.25, -0.2) is 9.36 Å². The van der Waals surface area contributed by atoms with E-state index in [-0.39, 0.29) is 39.1 Å². The third kappa shape index (κ3) is 10.8. The van der Waals surface area contributed by atoms with Gasteiger partial charge in [0.25, 0.3) is 11.1 Å². The molecule has 4 heterocycles. The maximum atomic E-state index is 13.4. The van der Waals surface area contributed by atoms with Crippen LogP contribution in [0.15, 0.2) is 94.5 Å². The Labute approximate surface area is 391 Å². The molecule has 332 valence electrons. The minimum Gasteiger partial charge on any atom is -0.493 e. The molecule has 2 aromatic heterocycles. The predicted molar refractivity (Wildman–Crippen MR) is 255 cm³/mol. The highest BCUT2D eigenvalue weighted by Gasteiger charge is 2.32. The molecule has 0 unspecified atom stereocenters. The van der Waals surface area contributed by atoms with E-state index in [9.17, 15) is 24.3 Å². The van der Waals surface area contributed by atoms with Crippen molar-refractivity contribution in [3.8, 4) is 56.3 Å². The molecule has 0 spiro atoms. The molecule has 10 nitrogen and oxygen atoms in total. The van der Waals surface area contributed by atoms with Crippen LogP contribution in [0.25, 0.3) is 44.5 Å². The van der Waals surface area contributed by atoms with E-state index in [1.165, 1.54) is 0 Å². The molecule has 0 radical (unpaired) electrons. The minimum absolute atomic E-state index is 0.0187. The van der Waals surface area contributed by atoms with E-state index in [0.29, 0.717) is 63.0 Å². The molecule has 6 aromatic rings. The number of carbonyl (C=O) groups is 2. The van der Waals surface area contributed by atoms with Gasteiger partial charge < -0.3 is 9.84 Å². The van der Waals surface area contributed by atoms with Crippen LogP contribution < -0.4 is 15.9 Å². The predicted octanol–water partition coefficient (Wildman–Crippen LogP) is 12.6. The van der Waals surface area contributed by atoms with Crippen molar-refractivity contribution in [2.24, 2.45) is 10.8 Å². The average molecular weight is 955 g/mol. The maximum absolute atomic E-state index is 13.4. The van der Waals surface area contributed by atoms with Crippen molar-refractivity contribution in [3.05, 3.63) is 126 Å². The third-order valence-corrected chi connectivity index (χ3v) is 12.3. The van der Waals surface area contributed by atoms with E-state index in [1.807, 2.05) is 66.7 Å². The first-order valence-electron chi connectivity index (χ1n) is 20.6. The highest BCUT2D eigenvalue weighted by atomic mass is 35.5. The van der Waals surface area contributed by atoms with Crippen molar-refractivity contribution < 1.29 is 19.4 Å². The number of esters is 1. The third-order valence-electron chi connectivity index (χ3n) is 10.6. The van der Waals surface area contributed by atoms with Crippen molar-refractivity contribution in [3.63, 3.8) is 0 Å². The summed E-state index contributed by atoms with van der Waals surface area (Å²) in [5.74, 6) is -0.160. The van der Waals surface area contributed by atoms with Gasteiger partial charge in [0.1, 0.15) is 11.1 Å². The normalized spacial score (nSPS) is 13.4. The Bertz CT molecular complexity index is 2810. The first-order valence-corrected chi connectivity index (χ1v) is 22.5. The zero-order valence-corrected chi connectivity index (χ0v) is 39.7. The molecule has 8 rings (SSSR count). The van der Waals surface area contributed by atoms with Crippen LogP contribution in [0.2, 0.25) is 20.1 Å². The fourth-order valence-corrected chi connectivity index (χ4v) is 7.83. The molecule has 0 saturated heterocycles. The summed E-state index contributed by atoms with van der Waals surface area (Å²) < 4.78 is 12.5. The summed E-state index contributed by atoms with van der Waals surface area (Å²) in [5.41, 5.74) is 3.73. The molecule has 1 N–H and O–H groups in total. The van der Waals surface area contributed by atoms with E-state index in [0.717, 1.165) is 47.9 Å². The Hall–Kier alpha value is -4.71. The first-order chi connectivity index (χ1) is 29.7. The van der Waals surface area contributed by atoms with Gasteiger partial charge in [0.15, 0.2) is 0 Å². The lowest BCUT2D eigenvalue weighted by Gasteiger charge is -2.21. The summed E-state index contributed by atoms with van der Waals surface area (Å²) in [6, 6.07) is 25.9. The molecule has 0 fully saturated rings. The van der Waals surface area contributed by atoms with Crippen LogP contribution in [0.4, 0.5) is 0 Å². The Kier molecular flexibility index (Phi) is 14.8. The van der Waals surface area contributed by atoms with Crippen molar-refractivity contribution >= 4 is 69.2 Å². The summed E-state index contributed by atoms with van der Waals surface area (Å²) in [4.78, 5) is 49.1. The SMILES string of the molecule is CC(C)(C)C(=O)Cl.CC(C)(C)C(=O)Oc1c(-c2cc(-c3cccc(Cl)c3)ccc2Cl)c(=O)n2n1CCCC2.O=c1c(-c2cc(-c3cccc(Cl)c3)ccc2Cl)c(O)n2n1CCCC2. The fraction of sp³-hybridized carbons (Fsp3) is 0.333. The minimum atomic E-state index is -0.712. The quantitative estimate of drug-likeness (QED) is 0.136. The number of fused-ring (bicyclic) bond motifs is 2. The molecule has 0 atom stereocenters. The van der Waals surface area contributed by atoms with Crippen LogP contribution in [-0.4, -0.2) is 35.0 Å². The standard InChI is InChI=1S/C24H24Cl2N2O3.C19H16Cl2N2O2.C5H9ClO/c1-24(2,3)23(30)31-22-20(21(29)27-11-4-5-12-28(22)27)18-14-16(9-10-19(18)26)15-7-6-8-17(25)13-15;20-14-5-3-4-12(10-14)13-6-7-16(21)15(11-13)17-18(24)22-8-1-2-9-23(22)19(17)25;1-5(2,3)4(6)7/h6-10,13-14H,4-5,11-12H2,1-3H3;3-7,10-11,24H,1-2,8-9H2;1-3H3. The number of hydrogen-bond donors (Lipinski definition) is 1. The smallest absolute Gasteiger partial charge is 0.317 e. The second-order valence-corrected chi connectivity index (χ2v) is 19.5. The zero-order valence-electron chi connectivity index (χ0n) is 35.9. The summed E-state index contributed by atoms with van der Waals surface area (Å²) in [5, 5.41) is 12.4. The highest BCUT2D eigenvalue weighted by molar-refractivity contribution is 6.64. The molecule has 0 aliphatic carbocycles. The van der Waals surface area contributed by atoms with Crippen LogP contribution in [0.1, 0.15) is 67.2 Å². The lowest BCUT2D eigenvalue weighted by Crippen LogP contribution is -2.29. The molecule has 2 aliphatic heterocycles. The van der Waals surface area contributed by atoms with Gasteiger partial charge in [0.05, 0.1) is 5.41 Å². The molecule has 0 bridgehead atoms. The zero-order chi connectivity index (χ0) is 46.0. The van der Waals surface area contributed by atoms with Crippen LogP contribution in [-0.2, 0) is 35.8 Å². The Morgan fingerprint density at radius 3 is 1.38 bits per heavy atom. The molecule has 15 heteroatoms. The van der Waals surface area contributed by atoms with Gasteiger partial charge in [0.2, 0.25) is 17.0 Å². The van der Waals surface area contributed by atoms with Crippen LogP contribution >= 0.6 is 58.0 Å². The number of carbonyl (C=O) groups excluding carboxylic acids is 2. The number of aromatic hydroxyl groups is 1. The van der Waals surface area contributed by atoms with E-state index in [1.54, 1.807) is 78.5 Å². The lowest BCUT2D eigenvalue weighted by molar-refractivity contribution is -0.143. The van der Waals surface area contributed by atoms with Gasteiger partial charge in [-0.1, -0.05) is 104 Å². The molecule has 4 aromatic carbocycles. The Morgan fingerprint density at radius 1 is 0.556 bits per heavy atom. The monoisotopic (exact) mass is 952 g/mol. The number of nitrogens with zero attached hydrogens (tertiary/aromatic N) is 4. The average Bonchev–Trinajstić information content (AvgIpc) is 3.65. The second kappa shape index (κ2) is 19.6. The van der Waals surface area contributed by atoms with Gasteiger partial charge in [-0.05, 0) is 129 Å². The van der Waals surface area contributed by atoms with Crippen LogP contribution in [0.5, 0.6) is 11.8 Å². The number of benzene rings is 4. The number of halogens is 5. The summed E-state index contributed by atoms with van der Waals surface area (Å²) >= 11 is 30.3. The van der Waals surface area contributed by atoms with Crippen molar-refractivity contribution in [1.29, 1.82) is 0 Å². The van der Waals surface area contributed by atoms with Gasteiger partial charge in [-0.2, -0.15) is 0 Å².